The van der Waals surface area contributed by atoms with Crippen molar-refractivity contribution in [2.75, 3.05) is 13.2 Å². The zero-order valence-electron chi connectivity index (χ0n) is 12.0. The Hall–Kier alpha value is 1.34. The number of aliphatic hydroxyl groups excluding tert-OH is 2. The molecule has 0 bridgehead atoms. The molecule has 12 heteroatoms. The first-order chi connectivity index (χ1) is 11.1. The molecule has 1 aliphatic heterocycles. The van der Waals surface area contributed by atoms with Gasteiger partial charge in [0.15, 0.2) is 6.29 Å². The van der Waals surface area contributed by atoms with Gasteiger partial charge in [0.25, 0.3) is 0 Å². The summed E-state index contributed by atoms with van der Waals surface area (Å²) in [4.78, 5) is 0. The second-order valence-corrected chi connectivity index (χ2v) is 15.3. The summed E-state index contributed by atoms with van der Waals surface area (Å²) in [5, 5.41) is 19.5. The Morgan fingerprint density at radius 2 is 1.57 bits per heavy atom. The van der Waals surface area contributed by atoms with Crippen LogP contribution in [0.5, 0.6) is 0 Å². The first kappa shape index (κ1) is 22.4. The van der Waals surface area contributed by atoms with Crippen LogP contribution in [0.3, 0.4) is 0 Å². The lowest BCUT2D eigenvalue weighted by Crippen LogP contribution is -2.25. The van der Waals surface area contributed by atoms with Gasteiger partial charge < -0.3 is 19.7 Å². The van der Waals surface area contributed by atoms with E-state index in [1.807, 2.05) is 0 Å². The molecular weight excluding hydrogens is 453 g/mol. The Balaban J connectivity index is 0.000000284. The van der Waals surface area contributed by atoms with Gasteiger partial charge in [0.2, 0.25) is 0 Å². The summed E-state index contributed by atoms with van der Waals surface area (Å²) in [6.45, 7) is 4.94. The van der Waals surface area contributed by atoms with E-state index in [9.17, 15) is 10.2 Å². The summed E-state index contributed by atoms with van der Waals surface area (Å²) < 4.78 is 10.7. The first-order valence-electron chi connectivity index (χ1n) is 6.61. The van der Waals surface area contributed by atoms with Crippen LogP contribution in [0.4, 0.5) is 0 Å². The minimum Gasteiger partial charge on any atom is -0.393 e. The Labute approximate surface area is 163 Å². The molecule has 0 aromatic carbocycles. The van der Waals surface area contributed by atoms with Crippen molar-refractivity contribution in [2.24, 2.45) is 11.8 Å². The number of aliphatic hydroxyl groups is 2. The highest BCUT2D eigenvalue weighted by atomic mass is 33.4. The van der Waals surface area contributed by atoms with Crippen LogP contribution in [-0.4, -0.2) is 41.9 Å². The van der Waals surface area contributed by atoms with Gasteiger partial charge in [-0.25, -0.2) is 0 Å². The largest absolute Gasteiger partial charge is 0.393 e. The van der Waals surface area contributed by atoms with E-state index in [-0.39, 0.29) is 18.1 Å². The second kappa shape index (κ2) is 13.5. The van der Waals surface area contributed by atoms with Crippen LogP contribution in [0.1, 0.15) is 12.8 Å². The van der Waals surface area contributed by atoms with Crippen LogP contribution in [0.2, 0.25) is 0 Å². The summed E-state index contributed by atoms with van der Waals surface area (Å²) >= 11 is 9.21. The molecule has 2 N–H and O–H groups in total. The molecule has 4 atom stereocenters. The Morgan fingerprint density at radius 1 is 1.00 bits per heavy atom. The molecule has 1 saturated heterocycles. The summed E-state index contributed by atoms with van der Waals surface area (Å²) in [7, 11) is 9.12. The predicted molar refractivity (Wildman–Crippen MR) is 113 cm³/mol. The highest BCUT2D eigenvalue weighted by molar-refractivity contribution is 8.70. The van der Waals surface area contributed by atoms with Crippen molar-refractivity contribution in [3.8, 4) is 0 Å². The van der Waals surface area contributed by atoms with Gasteiger partial charge >= 0.3 is 0 Å². The number of hydrogen-bond donors (Lipinski definition) is 2. The zero-order valence-corrected chi connectivity index (χ0v) is 18.5. The maximum absolute atomic E-state index is 9.80. The fourth-order valence-corrected chi connectivity index (χ4v) is 13.6. The van der Waals surface area contributed by atoms with Crippen molar-refractivity contribution < 1.29 is 19.7 Å². The van der Waals surface area contributed by atoms with Gasteiger partial charge in [-0.15, -0.1) is 6.58 Å². The topological polar surface area (TPSA) is 58.9 Å². The van der Waals surface area contributed by atoms with Crippen LogP contribution in [0.25, 0.3) is 0 Å². The average Bonchev–Trinajstić information content (AvgIpc) is 3.13. The quantitative estimate of drug-likeness (QED) is 0.578. The molecule has 2 fully saturated rings. The molecule has 0 radical (unpaired) electrons. The van der Waals surface area contributed by atoms with E-state index < -0.39 is 12.2 Å². The van der Waals surface area contributed by atoms with E-state index in [1.165, 1.54) is 17.8 Å². The van der Waals surface area contributed by atoms with E-state index in [0.29, 0.717) is 26.1 Å². The summed E-state index contributed by atoms with van der Waals surface area (Å²) in [6.07, 6.45) is 1.60. The van der Waals surface area contributed by atoms with Crippen molar-refractivity contribution in [3.05, 3.63) is 12.7 Å². The van der Waals surface area contributed by atoms with E-state index in [1.54, 1.807) is 41.6 Å². The number of hydrogen-bond acceptors (Lipinski definition) is 6. The van der Waals surface area contributed by atoms with Gasteiger partial charge in [0, 0.05) is 94.4 Å². The van der Waals surface area contributed by atoms with E-state index in [4.69, 9.17) is 9.47 Å². The molecule has 134 valence electrons. The number of rotatable bonds is 3. The minimum absolute atomic E-state index is 0.000556. The minimum atomic E-state index is -0.482. The fraction of sp³-hybridized carbons (Fsp3) is 0.818. The van der Waals surface area contributed by atoms with E-state index >= 15 is 0 Å². The van der Waals surface area contributed by atoms with Crippen molar-refractivity contribution in [2.45, 2.75) is 31.3 Å². The van der Waals surface area contributed by atoms with Gasteiger partial charge in [0.1, 0.15) is 0 Å². The third-order valence-electron chi connectivity index (χ3n) is 3.48. The lowest BCUT2D eigenvalue weighted by atomic mass is 9.90. The lowest BCUT2D eigenvalue weighted by molar-refractivity contribution is -0.0696. The van der Waals surface area contributed by atoms with Gasteiger partial charge in [-0.3, -0.25) is 0 Å². The molecular formula is C11H18O4S8. The molecule has 0 aromatic rings. The van der Waals surface area contributed by atoms with E-state index in [2.05, 4.69) is 29.0 Å². The molecule has 1 saturated carbocycles. The summed E-state index contributed by atoms with van der Waals surface area (Å²) in [5.41, 5.74) is 0. The molecule has 0 spiro atoms. The number of ether oxygens (including phenoxy) is 2. The monoisotopic (exact) mass is 470 g/mol. The molecule has 0 unspecified atom stereocenters. The summed E-state index contributed by atoms with van der Waals surface area (Å²) in [5.74, 6) is -0.0478. The van der Waals surface area contributed by atoms with Crippen molar-refractivity contribution >= 4 is 75.7 Å². The SMILES string of the molecule is C=C[C@@H]1[C@@H](CC2OCCO2)[C@@H](O)C[C@H]1O.S=S=S=S=S=S=S=S. The summed E-state index contributed by atoms with van der Waals surface area (Å²) in [6, 6.07) is 0. The van der Waals surface area contributed by atoms with E-state index in [0.717, 1.165) is 0 Å². The Morgan fingerprint density at radius 3 is 2.04 bits per heavy atom. The van der Waals surface area contributed by atoms with Crippen LogP contribution < -0.4 is 0 Å². The molecule has 2 aliphatic rings. The standard InChI is InChI=1S/C11H18O4.S8/c1-2-7-8(10(13)6-9(7)12)5-11-14-3-4-15-11;1-3-5-7-8-6-4-2/h2,7-13H,1,3-6H2;/t7-,8-,9-,10+;/m1./s1. The Bertz CT molecular complexity index is 584. The molecule has 2 rings (SSSR count). The van der Waals surface area contributed by atoms with Crippen LogP contribution in [0, 0.1) is 11.8 Å². The third kappa shape index (κ3) is 8.51. The molecule has 1 heterocycles. The Kier molecular flexibility index (Phi) is 13.2. The molecule has 0 aromatic heterocycles. The van der Waals surface area contributed by atoms with Crippen molar-refractivity contribution in [1.29, 1.82) is 0 Å². The molecule has 1 aliphatic carbocycles. The predicted octanol–water partition coefficient (Wildman–Crippen LogP) is 0.274. The maximum atomic E-state index is 9.80. The van der Waals surface area contributed by atoms with Gasteiger partial charge in [-0.1, -0.05) is 6.08 Å². The molecule has 23 heavy (non-hydrogen) atoms. The smallest absolute Gasteiger partial charge is 0.158 e. The highest BCUT2D eigenvalue weighted by Crippen LogP contribution is 2.37. The van der Waals surface area contributed by atoms with Crippen molar-refractivity contribution in [3.63, 3.8) is 0 Å². The maximum Gasteiger partial charge on any atom is 0.158 e. The lowest BCUT2D eigenvalue weighted by Gasteiger charge is -2.22. The van der Waals surface area contributed by atoms with Crippen LogP contribution >= 0.6 is 0 Å². The van der Waals surface area contributed by atoms with Gasteiger partial charge in [0.05, 0.1) is 25.4 Å². The van der Waals surface area contributed by atoms with Crippen LogP contribution in [0.15, 0.2) is 12.7 Å². The van der Waals surface area contributed by atoms with Crippen LogP contribution in [-0.2, 0) is 85.1 Å². The zero-order chi connectivity index (χ0) is 17.1. The molecule has 4 nitrogen and oxygen atoms in total. The van der Waals surface area contributed by atoms with Gasteiger partial charge in [-0.2, -0.15) is 0 Å². The fourth-order valence-electron chi connectivity index (χ4n) is 2.58. The second-order valence-electron chi connectivity index (χ2n) is 4.66. The first-order valence-corrected chi connectivity index (χ1v) is 15.9. The van der Waals surface area contributed by atoms with Gasteiger partial charge in [-0.05, 0) is 5.92 Å². The molecule has 0 amide bonds. The van der Waals surface area contributed by atoms with Crippen molar-refractivity contribution in [1.82, 2.24) is 0 Å². The highest BCUT2D eigenvalue weighted by Gasteiger charge is 2.41. The third-order valence-corrected chi connectivity index (χ3v) is 14.6. The normalized spacial score (nSPS) is 29.8. The average molecular weight is 471 g/mol.